The van der Waals surface area contributed by atoms with Crippen LogP contribution in [0.4, 0.5) is 0 Å². The maximum atomic E-state index is 10.3. The van der Waals surface area contributed by atoms with Gasteiger partial charge in [0.2, 0.25) is 0 Å². The quantitative estimate of drug-likeness (QED) is 0.707. The molecular formula is C12H16NO2-. The van der Waals surface area contributed by atoms with Gasteiger partial charge in [-0.05, 0) is 26.0 Å². The van der Waals surface area contributed by atoms with E-state index in [4.69, 9.17) is 0 Å². The zero-order valence-corrected chi connectivity index (χ0v) is 9.19. The van der Waals surface area contributed by atoms with Crippen molar-refractivity contribution in [3.63, 3.8) is 0 Å². The molecule has 0 aliphatic heterocycles. The molecule has 0 aliphatic carbocycles. The highest BCUT2D eigenvalue weighted by molar-refractivity contribution is 5.64. The van der Waals surface area contributed by atoms with E-state index in [1.807, 2.05) is 37.1 Å². The second kappa shape index (κ2) is 5.51. The zero-order chi connectivity index (χ0) is 11.3. The molecule has 3 heteroatoms. The van der Waals surface area contributed by atoms with Crippen LogP contribution in [-0.4, -0.2) is 24.5 Å². The second-order valence-electron chi connectivity index (χ2n) is 3.85. The van der Waals surface area contributed by atoms with E-state index < -0.39 is 5.97 Å². The Morgan fingerprint density at radius 1 is 1.47 bits per heavy atom. The Balaban J connectivity index is 2.44. The number of aliphatic carboxylic acids is 1. The van der Waals surface area contributed by atoms with Gasteiger partial charge in [-0.1, -0.05) is 29.8 Å². The lowest BCUT2D eigenvalue weighted by Crippen LogP contribution is -2.28. The fraction of sp³-hybridized carbons (Fsp3) is 0.417. The molecule has 0 saturated carbocycles. The number of carboxylic acid groups (broad SMARTS) is 1. The Labute approximate surface area is 90.3 Å². The molecule has 0 spiro atoms. The molecule has 0 amide bonds. The van der Waals surface area contributed by atoms with E-state index in [1.54, 1.807) is 0 Å². The van der Waals surface area contributed by atoms with Crippen LogP contribution in [-0.2, 0) is 11.3 Å². The number of carboxylic acids is 1. The summed E-state index contributed by atoms with van der Waals surface area (Å²) in [7, 11) is 1.91. The number of nitrogens with zero attached hydrogens (tertiary/aromatic N) is 1. The summed E-state index contributed by atoms with van der Waals surface area (Å²) in [5.41, 5.74) is 2.43. The second-order valence-corrected chi connectivity index (χ2v) is 3.85. The van der Waals surface area contributed by atoms with Crippen molar-refractivity contribution in [2.24, 2.45) is 0 Å². The molecule has 15 heavy (non-hydrogen) atoms. The summed E-state index contributed by atoms with van der Waals surface area (Å²) in [5, 5.41) is 10.3. The van der Waals surface area contributed by atoms with E-state index in [2.05, 4.69) is 6.07 Å². The summed E-state index contributed by atoms with van der Waals surface area (Å²) < 4.78 is 0. The van der Waals surface area contributed by atoms with Crippen LogP contribution in [0.15, 0.2) is 24.3 Å². The molecule has 0 heterocycles. The minimum atomic E-state index is -0.994. The molecule has 0 radical (unpaired) electrons. The van der Waals surface area contributed by atoms with Gasteiger partial charge in [-0.3, -0.25) is 0 Å². The zero-order valence-electron chi connectivity index (χ0n) is 9.19. The lowest BCUT2D eigenvalue weighted by Gasteiger charge is -2.17. The molecule has 82 valence electrons. The van der Waals surface area contributed by atoms with Gasteiger partial charge in [-0.2, -0.15) is 0 Å². The number of carbonyl (C=O) groups is 1. The van der Waals surface area contributed by atoms with Crippen LogP contribution < -0.4 is 5.11 Å². The van der Waals surface area contributed by atoms with Gasteiger partial charge in [0, 0.05) is 19.1 Å². The Bertz CT molecular complexity index is 336. The van der Waals surface area contributed by atoms with E-state index in [0.29, 0.717) is 6.54 Å². The maximum absolute atomic E-state index is 10.3. The average molecular weight is 206 g/mol. The summed E-state index contributed by atoms with van der Waals surface area (Å²) in [6.07, 6.45) is 0.0856. The first kappa shape index (κ1) is 11.7. The fourth-order valence-corrected chi connectivity index (χ4v) is 1.48. The third-order valence-corrected chi connectivity index (χ3v) is 2.23. The smallest absolute Gasteiger partial charge is 0.0427 e. The largest absolute Gasteiger partial charge is 0.550 e. The predicted octanol–water partition coefficient (Wildman–Crippen LogP) is 0.567. The molecule has 1 aromatic carbocycles. The van der Waals surface area contributed by atoms with Crippen molar-refractivity contribution in [3.8, 4) is 0 Å². The molecule has 0 bridgehead atoms. The summed E-state index contributed by atoms with van der Waals surface area (Å²) in [6.45, 7) is 3.34. The van der Waals surface area contributed by atoms with E-state index >= 15 is 0 Å². The van der Waals surface area contributed by atoms with E-state index in [9.17, 15) is 9.90 Å². The lowest BCUT2D eigenvalue weighted by molar-refractivity contribution is -0.305. The summed E-state index contributed by atoms with van der Waals surface area (Å²) in [4.78, 5) is 12.2. The highest BCUT2D eigenvalue weighted by Gasteiger charge is 2.00. The van der Waals surface area contributed by atoms with Gasteiger partial charge in [-0.25, -0.2) is 0 Å². The number of carbonyl (C=O) groups excluding carboxylic acids is 1. The van der Waals surface area contributed by atoms with E-state index in [-0.39, 0.29) is 6.42 Å². The minimum absolute atomic E-state index is 0.0856. The van der Waals surface area contributed by atoms with Gasteiger partial charge in [0.15, 0.2) is 0 Å². The molecule has 1 rings (SSSR count). The first-order valence-electron chi connectivity index (χ1n) is 5.02. The van der Waals surface area contributed by atoms with Crippen LogP contribution in [0.1, 0.15) is 17.5 Å². The summed E-state index contributed by atoms with van der Waals surface area (Å²) >= 11 is 0. The highest BCUT2D eigenvalue weighted by Crippen LogP contribution is 2.06. The van der Waals surface area contributed by atoms with Gasteiger partial charge >= 0.3 is 0 Å². The third kappa shape index (κ3) is 4.61. The Morgan fingerprint density at radius 3 is 2.80 bits per heavy atom. The number of aryl methyl sites for hydroxylation is 1. The number of benzene rings is 1. The first-order valence-corrected chi connectivity index (χ1v) is 5.02. The van der Waals surface area contributed by atoms with Crippen LogP contribution >= 0.6 is 0 Å². The van der Waals surface area contributed by atoms with Crippen molar-refractivity contribution in [1.82, 2.24) is 4.90 Å². The van der Waals surface area contributed by atoms with Crippen LogP contribution in [0.25, 0.3) is 0 Å². The van der Waals surface area contributed by atoms with Crippen LogP contribution in [0.5, 0.6) is 0 Å². The molecule has 3 nitrogen and oxygen atoms in total. The lowest BCUT2D eigenvalue weighted by atomic mass is 10.1. The Kier molecular flexibility index (Phi) is 4.31. The molecule has 0 aliphatic rings. The van der Waals surface area contributed by atoms with Crippen molar-refractivity contribution in [3.05, 3.63) is 35.4 Å². The number of rotatable bonds is 5. The van der Waals surface area contributed by atoms with Crippen molar-refractivity contribution < 1.29 is 9.90 Å². The first-order chi connectivity index (χ1) is 7.08. The number of hydrogen-bond donors (Lipinski definition) is 0. The average Bonchev–Trinajstić information content (AvgIpc) is 2.15. The minimum Gasteiger partial charge on any atom is -0.550 e. The molecular weight excluding hydrogens is 190 g/mol. The number of hydrogen-bond acceptors (Lipinski definition) is 3. The highest BCUT2D eigenvalue weighted by atomic mass is 16.4. The Morgan fingerprint density at radius 2 is 2.20 bits per heavy atom. The third-order valence-electron chi connectivity index (χ3n) is 2.23. The molecule has 0 N–H and O–H groups in total. The summed E-state index contributed by atoms with van der Waals surface area (Å²) in [5.74, 6) is -0.994. The monoisotopic (exact) mass is 206 g/mol. The maximum Gasteiger partial charge on any atom is 0.0427 e. The van der Waals surface area contributed by atoms with E-state index in [1.165, 1.54) is 11.1 Å². The fourth-order valence-electron chi connectivity index (χ4n) is 1.48. The SMILES string of the molecule is Cc1cccc(CN(C)CCC(=O)[O-])c1. The van der Waals surface area contributed by atoms with Crippen molar-refractivity contribution in [1.29, 1.82) is 0 Å². The standard InChI is InChI=1S/C12H17NO2/c1-10-4-3-5-11(8-10)9-13(2)7-6-12(14)15/h3-5,8H,6-7,9H2,1-2H3,(H,14,15)/p-1. The molecule has 1 aromatic rings. The summed E-state index contributed by atoms with van der Waals surface area (Å²) in [6, 6.07) is 8.21. The van der Waals surface area contributed by atoms with Gasteiger partial charge in [0.25, 0.3) is 0 Å². The normalized spacial score (nSPS) is 10.6. The van der Waals surface area contributed by atoms with Crippen LogP contribution in [0.2, 0.25) is 0 Å². The molecule has 0 atom stereocenters. The van der Waals surface area contributed by atoms with Gasteiger partial charge in [0.05, 0.1) is 0 Å². The van der Waals surface area contributed by atoms with Crippen LogP contribution in [0.3, 0.4) is 0 Å². The molecule has 0 saturated heterocycles. The molecule has 0 unspecified atom stereocenters. The van der Waals surface area contributed by atoms with E-state index in [0.717, 1.165) is 6.54 Å². The van der Waals surface area contributed by atoms with Crippen molar-refractivity contribution in [2.45, 2.75) is 19.9 Å². The van der Waals surface area contributed by atoms with Gasteiger partial charge in [-0.15, -0.1) is 0 Å². The van der Waals surface area contributed by atoms with Gasteiger partial charge < -0.3 is 14.8 Å². The molecule has 0 fully saturated rings. The van der Waals surface area contributed by atoms with Gasteiger partial charge in [0.1, 0.15) is 0 Å². The van der Waals surface area contributed by atoms with Crippen molar-refractivity contribution in [2.75, 3.05) is 13.6 Å². The Hall–Kier alpha value is -1.35. The molecule has 0 aromatic heterocycles. The van der Waals surface area contributed by atoms with Crippen molar-refractivity contribution >= 4 is 5.97 Å². The predicted molar refractivity (Wildman–Crippen MR) is 57.1 cm³/mol. The van der Waals surface area contributed by atoms with Crippen LogP contribution in [0, 0.1) is 6.92 Å². The topological polar surface area (TPSA) is 43.4 Å².